The summed E-state index contributed by atoms with van der Waals surface area (Å²) in [6.45, 7) is 5.36. The highest BCUT2D eigenvalue weighted by atomic mass is 32.2. The van der Waals surface area contributed by atoms with Crippen LogP contribution in [0.4, 0.5) is 5.13 Å². The molecule has 1 rings (SSSR count). The minimum atomic E-state index is 0.956. The van der Waals surface area contributed by atoms with Gasteiger partial charge < -0.3 is 5.32 Å². The number of unbranched alkanes of at least 4 members (excludes halogenated alkanes) is 1. The number of hydrogen-bond acceptors (Lipinski definition) is 5. The van der Waals surface area contributed by atoms with E-state index in [4.69, 9.17) is 0 Å². The maximum absolute atomic E-state index is 4.10. The minimum absolute atomic E-state index is 0.956. The maximum atomic E-state index is 4.10. The molecule has 0 aromatic carbocycles. The Labute approximate surface area is 93.7 Å². The molecule has 0 radical (unpaired) electrons. The number of anilines is 1. The third-order valence-corrected chi connectivity index (χ3v) is 3.86. The summed E-state index contributed by atoms with van der Waals surface area (Å²) in [5.74, 6) is 1.13. The van der Waals surface area contributed by atoms with Crippen molar-refractivity contribution in [2.24, 2.45) is 0 Å². The molecule has 14 heavy (non-hydrogen) atoms. The average molecular weight is 231 g/mol. The smallest absolute Gasteiger partial charge is 0.206 e. The van der Waals surface area contributed by atoms with Gasteiger partial charge in [-0.2, -0.15) is 0 Å². The van der Waals surface area contributed by atoms with E-state index in [2.05, 4.69) is 29.4 Å². The number of nitrogens with zero attached hydrogens (tertiary/aromatic N) is 2. The number of nitrogens with one attached hydrogen (secondary N) is 1. The van der Waals surface area contributed by atoms with Crippen LogP contribution in [0.5, 0.6) is 0 Å². The molecule has 80 valence electrons. The molecule has 0 aliphatic rings. The zero-order chi connectivity index (χ0) is 10.2. The molecule has 1 aromatic rings. The highest BCUT2D eigenvalue weighted by molar-refractivity contribution is 8.01. The third-order valence-electron chi connectivity index (χ3n) is 1.64. The van der Waals surface area contributed by atoms with Crippen LogP contribution in [0.1, 0.15) is 33.1 Å². The van der Waals surface area contributed by atoms with Gasteiger partial charge in [0.15, 0.2) is 4.34 Å². The predicted molar refractivity (Wildman–Crippen MR) is 64.3 cm³/mol. The van der Waals surface area contributed by atoms with Crippen LogP contribution >= 0.6 is 23.1 Å². The van der Waals surface area contributed by atoms with E-state index in [0.29, 0.717) is 0 Å². The van der Waals surface area contributed by atoms with E-state index in [1.165, 1.54) is 19.3 Å². The van der Waals surface area contributed by atoms with Gasteiger partial charge in [0, 0.05) is 12.3 Å². The lowest BCUT2D eigenvalue weighted by Crippen LogP contribution is -1.99. The number of thioether (sulfide) groups is 1. The molecule has 0 fully saturated rings. The van der Waals surface area contributed by atoms with Gasteiger partial charge in [0.05, 0.1) is 0 Å². The first-order chi connectivity index (χ1) is 6.86. The van der Waals surface area contributed by atoms with Crippen molar-refractivity contribution in [2.75, 3.05) is 17.6 Å². The lowest BCUT2D eigenvalue weighted by Gasteiger charge is -1.97. The van der Waals surface area contributed by atoms with Gasteiger partial charge in [0.2, 0.25) is 5.13 Å². The second-order valence-corrected chi connectivity index (χ2v) is 5.32. The molecule has 0 amide bonds. The Bertz CT molecular complexity index is 250. The Morgan fingerprint density at radius 2 is 2.14 bits per heavy atom. The molecular weight excluding hydrogens is 214 g/mol. The fourth-order valence-electron chi connectivity index (χ4n) is 0.901. The largest absolute Gasteiger partial charge is 0.360 e. The van der Waals surface area contributed by atoms with E-state index in [0.717, 1.165) is 21.8 Å². The molecule has 0 unspecified atom stereocenters. The molecule has 0 spiro atoms. The zero-order valence-corrected chi connectivity index (χ0v) is 10.4. The summed E-state index contributed by atoms with van der Waals surface area (Å²) in [5, 5.41) is 12.4. The number of aromatic nitrogens is 2. The lowest BCUT2D eigenvalue weighted by atomic mass is 10.3. The Kier molecular flexibility index (Phi) is 5.94. The van der Waals surface area contributed by atoms with Gasteiger partial charge in [-0.25, -0.2) is 0 Å². The van der Waals surface area contributed by atoms with E-state index in [-0.39, 0.29) is 0 Å². The number of hydrogen-bond donors (Lipinski definition) is 1. The van der Waals surface area contributed by atoms with Gasteiger partial charge in [-0.1, -0.05) is 43.4 Å². The van der Waals surface area contributed by atoms with Crippen LogP contribution < -0.4 is 5.32 Å². The van der Waals surface area contributed by atoms with Crippen molar-refractivity contribution >= 4 is 28.2 Å². The van der Waals surface area contributed by atoms with Crippen LogP contribution in [0.2, 0.25) is 0 Å². The van der Waals surface area contributed by atoms with E-state index in [1.54, 1.807) is 23.1 Å². The van der Waals surface area contributed by atoms with Gasteiger partial charge in [0.1, 0.15) is 0 Å². The van der Waals surface area contributed by atoms with Gasteiger partial charge in [-0.15, -0.1) is 10.2 Å². The van der Waals surface area contributed by atoms with Gasteiger partial charge >= 0.3 is 0 Å². The second kappa shape index (κ2) is 7.06. The van der Waals surface area contributed by atoms with Crippen molar-refractivity contribution in [3.05, 3.63) is 0 Å². The summed E-state index contributed by atoms with van der Waals surface area (Å²) >= 11 is 3.44. The van der Waals surface area contributed by atoms with E-state index in [1.807, 2.05) is 0 Å². The van der Waals surface area contributed by atoms with Crippen LogP contribution in [0.3, 0.4) is 0 Å². The second-order valence-electron chi connectivity index (χ2n) is 3.00. The molecule has 0 bridgehead atoms. The van der Waals surface area contributed by atoms with Gasteiger partial charge in [-0.05, 0) is 12.8 Å². The van der Waals surface area contributed by atoms with Crippen molar-refractivity contribution in [3.8, 4) is 0 Å². The van der Waals surface area contributed by atoms with Crippen LogP contribution in [-0.4, -0.2) is 22.5 Å². The summed E-state index contributed by atoms with van der Waals surface area (Å²) in [4.78, 5) is 0. The standard InChI is InChI=1S/C9H17N3S2/c1-3-5-6-10-8-11-12-9(14-8)13-7-4-2/h3-7H2,1-2H3,(H,10,11). The van der Waals surface area contributed by atoms with E-state index >= 15 is 0 Å². The Hall–Kier alpha value is -0.290. The summed E-state index contributed by atoms with van der Waals surface area (Å²) in [7, 11) is 0. The summed E-state index contributed by atoms with van der Waals surface area (Å²) in [6, 6.07) is 0. The lowest BCUT2D eigenvalue weighted by molar-refractivity contribution is 0.830. The summed E-state index contributed by atoms with van der Waals surface area (Å²) in [5.41, 5.74) is 0. The molecular formula is C9H17N3S2. The normalized spacial score (nSPS) is 10.4. The molecule has 1 N–H and O–H groups in total. The highest BCUT2D eigenvalue weighted by Crippen LogP contribution is 2.25. The van der Waals surface area contributed by atoms with Crippen molar-refractivity contribution in [1.29, 1.82) is 0 Å². The third kappa shape index (κ3) is 4.28. The van der Waals surface area contributed by atoms with Crippen LogP contribution in [0, 0.1) is 0 Å². The zero-order valence-electron chi connectivity index (χ0n) is 8.75. The van der Waals surface area contributed by atoms with Crippen LogP contribution in [-0.2, 0) is 0 Å². The maximum Gasteiger partial charge on any atom is 0.206 e. The van der Waals surface area contributed by atoms with Crippen LogP contribution in [0.25, 0.3) is 0 Å². The molecule has 0 saturated carbocycles. The molecule has 3 nitrogen and oxygen atoms in total. The number of rotatable bonds is 7. The molecule has 0 atom stereocenters. The average Bonchev–Trinajstić information content (AvgIpc) is 2.63. The Morgan fingerprint density at radius 3 is 2.86 bits per heavy atom. The SMILES string of the molecule is CCCCNc1nnc(SCCC)s1. The van der Waals surface area contributed by atoms with Crippen LogP contribution in [0.15, 0.2) is 4.34 Å². The fraction of sp³-hybridized carbons (Fsp3) is 0.778. The van der Waals surface area contributed by atoms with Crippen molar-refractivity contribution in [2.45, 2.75) is 37.4 Å². The first-order valence-corrected chi connectivity index (χ1v) is 6.87. The van der Waals surface area contributed by atoms with Crippen molar-refractivity contribution in [1.82, 2.24) is 10.2 Å². The molecule has 0 aliphatic heterocycles. The van der Waals surface area contributed by atoms with Crippen molar-refractivity contribution < 1.29 is 0 Å². The van der Waals surface area contributed by atoms with Crippen molar-refractivity contribution in [3.63, 3.8) is 0 Å². The first-order valence-electron chi connectivity index (χ1n) is 5.07. The summed E-state index contributed by atoms with van der Waals surface area (Å²) in [6.07, 6.45) is 3.59. The fourth-order valence-corrected chi connectivity index (χ4v) is 2.60. The summed E-state index contributed by atoms with van der Waals surface area (Å²) < 4.78 is 1.07. The predicted octanol–water partition coefficient (Wildman–Crippen LogP) is 3.25. The van der Waals surface area contributed by atoms with Gasteiger partial charge in [-0.3, -0.25) is 0 Å². The molecule has 0 aliphatic carbocycles. The molecule has 5 heteroatoms. The minimum Gasteiger partial charge on any atom is -0.360 e. The molecule has 0 saturated heterocycles. The van der Waals surface area contributed by atoms with Gasteiger partial charge in [0.25, 0.3) is 0 Å². The van der Waals surface area contributed by atoms with E-state index < -0.39 is 0 Å². The Morgan fingerprint density at radius 1 is 1.29 bits per heavy atom. The molecule has 1 heterocycles. The Balaban J connectivity index is 2.27. The molecule has 1 aromatic heterocycles. The first kappa shape index (κ1) is 11.8. The monoisotopic (exact) mass is 231 g/mol. The van der Waals surface area contributed by atoms with E-state index in [9.17, 15) is 0 Å². The topological polar surface area (TPSA) is 37.8 Å². The quantitative estimate of drug-likeness (QED) is 0.577. The highest BCUT2D eigenvalue weighted by Gasteiger charge is 2.02.